The highest BCUT2D eigenvalue weighted by Gasteiger charge is 2.35. The van der Waals surface area contributed by atoms with Gasteiger partial charge in [-0.3, -0.25) is 0 Å². The van der Waals surface area contributed by atoms with Crippen LogP contribution in [0.2, 0.25) is 0 Å². The van der Waals surface area contributed by atoms with E-state index in [0.29, 0.717) is 6.07 Å². The molecular weight excluding hydrogens is 349 g/mol. The number of nitrogens with one attached hydrogen (secondary N) is 1. The molecule has 132 valence electrons. The molecule has 1 heterocycles. The predicted octanol–water partition coefficient (Wildman–Crippen LogP) is 2.27. The number of primary sulfonamides is 1. The summed E-state index contributed by atoms with van der Waals surface area (Å²) in [6, 6.07) is 5.36. The first-order chi connectivity index (χ1) is 10.9. The largest absolute Gasteiger partial charge is 0.466 e. The Morgan fingerprint density at radius 2 is 1.96 bits per heavy atom. The van der Waals surface area contributed by atoms with Gasteiger partial charge in [0.15, 0.2) is 0 Å². The number of rotatable bonds is 5. The van der Waals surface area contributed by atoms with Gasteiger partial charge < -0.3 is 14.8 Å². The van der Waals surface area contributed by atoms with E-state index in [0.717, 1.165) is 12.1 Å². The summed E-state index contributed by atoms with van der Waals surface area (Å²) in [5, 5.41) is 17.6. The zero-order chi connectivity index (χ0) is 18.2. The number of hydrogen-bond acceptors (Lipinski definition) is 5. The third kappa shape index (κ3) is 4.08. The Morgan fingerprint density at radius 3 is 2.46 bits per heavy atom. The molecule has 0 saturated carbocycles. The van der Waals surface area contributed by atoms with Crippen LogP contribution in [0.15, 0.2) is 45.9 Å². The fraction of sp³-hybridized carbons (Fsp3) is 0.286. The Hall–Kier alpha value is -2.04. The average molecular weight is 364 g/mol. The van der Waals surface area contributed by atoms with Crippen molar-refractivity contribution in [2.45, 2.75) is 23.6 Å². The van der Waals surface area contributed by atoms with Crippen molar-refractivity contribution in [1.29, 1.82) is 0 Å². The van der Waals surface area contributed by atoms with Crippen LogP contribution in [-0.2, 0) is 21.8 Å². The summed E-state index contributed by atoms with van der Waals surface area (Å²) in [4.78, 5) is -0.654. The molecule has 0 bridgehead atoms. The van der Waals surface area contributed by atoms with Crippen LogP contribution < -0.4 is 10.5 Å². The Bertz CT molecular complexity index is 815. The molecule has 1 atom stereocenters. The third-order valence-corrected chi connectivity index (χ3v) is 4.21. The van der Waals surface area contributed by atoms with Gasteiger partial charge in [0.2, 0.25) is 10.0 Å². The average Bonchev–Trinajstić information content (AvgIpc) is 2.98. The normalized spacial score (nSPS) is 15.1. The van der Waals surface area contributed by atoms with Gasteiger partial charge in [-0.25, -0.2) is 13.6 Å². The topological polar surface area (TPSA) is 106 Å². The van der Waals surface area contributed by atoms with Gasteiger partial charge in [-0.15, -0.1) is 0 Å². The van der Waals surface area contributed by atoms with E-state index in [2.05, 4.69) is 5.32 Å². The summed E-state index contributed by atoms with van der Waals surface area (Å²) in [6.45, 7) is 1.07. The SMILES string of the molecule is CC(O)(CNc1ccc(S(N)(=O)=O)cc1C(F)(F)F)c1ccco1. The molecule has 1 aromatic carbocycles. The maximum atomic E-state index is 13.2. The lowest BCUT2D eigenvalue weighted by Gasteiger charge is -2.23. The van der Waals surface area contributed by atoms with Crippen LogP contribution in [0.1, 0.15) is 18.2 Å². The van der Waals surface area contributed by atoms with Crippen LogP contribution in [-0.4, -0.2) is 20.1 Å². The van der Waals surface area contributed by atoms with Crippen LogP contribution in [0.5, 0.6) is 0 Å². The summed E-state index contributed by atoms with van der Waals surface area (Å²) in [7, 11) is -4.27. The van der Waals surface area contributed by atoms with E-state index in [1.807, 2.05) is 0 Å². The maximum absolute atomic E-state index is 13.2. The molecule has 4 N–H and O–H groups in total. The molecule has 0 saturated heterocycles. The lowest BCUT2D eigenvalue weighted by Crippen LogP contribution is -2.31. The minimum Gasteiger partial charge on any atom is -0.466 e. The summed E-state index contributed by atoms with van der Waals surface area (Å²) in [6.07, 6.45) is -3.48. The second-order valence-corrected chi connectivity index (χ2v) is 6.92. The van der Waals surface area contributed by atoms with Crippen molar-refractivity contribution < 1.29 is 31.1 Å². The number of anilines is 1. The van der Waals surface area contributed by atoms with E-state index in [-0.39, 0.29) is 18.0 Å². The van der Waals surface area contributed by atoms with E-state index < -0.39 is 32.3 Å². The predicted molar refractivity (Wildman–Crippen MR) is 79.6 cm³/mol. The minimum atomic E-state index is -4.81. The molecule has 0 aliphatic heterocycles. The van der Waals surface area contributed by atoms with Crippen molar-refractivity contribution >= 4 is 15.7 Å². The minimum absolute atomic E-state index is 0.171. The number of sulfonamides is 1. The van der Waals surface area contributed by atoms with Gasteiger partial charge >= 0.3 is 6.18 Å². The third-order valence-electron chi connectivity index (χ3n) is 3.30. The van der Waals surface area contributed by atoms with E-state index in [1.54, 1.807) is 0 Å². The van der Waals surface area contributed by atoms with Crippen molar-refractivity contribution in [3.63, 3.8) is 0 Å². The van der Waals surface area contributed by atoms with Gasteiger partial charge in [0.25, 0.3) is 0 Å². The van der Waals surface area contributed by atoms with Gasteiger partial charge in [-0.1, -0.05) is 0 Å². The van der Waals surface area contributed by atoms with Gasteiger partial charge in [0, 0.05) is 5.69 Å². The van der Waals surface area contributed by atoms with Gasteiger partial charge in [0.05, 0.1) is 23.3 Å². The number of furan rings is 1. The molecule has 0 aliphatic carbocycles. The second-order valence-electron chi connectivity index (χ2n) is 5.35. The van der Waals surface area contributed by atoms with Gasteiger partial charge in [0.1, 0.15) is 11.4 Å². The molecule has 1 aromatic heterocycles. The molecule has 10 heteroatoms. The fourth-order valence-electron chi connectivity index (χ4n) is 2.03. The summed E-state index contributed by atoms with van der Waals surface area (Å²) in [5.41, 5.74) is -3.16. The fourth-order valence-corrected chi connectivity index (χ4v) is 2.57. The first-order valence-electron chi connectivity index (χ1n) is 6.65. The van der Waals surface area contributed by atoms with E-state index >= 15 is 0 Å². The number of hydrogen-bond donors (Lipinski definition) is 3. The maximum Gasteiger partial charge on any atom is 0.418 e. The standard InChI is InChI=1S/C14H15F3N2O4S/c1-13(20,12-3-2-6-23-12)8-19-11-5-4-9(24(18,21)22)7-10(11)14(15,16)17/h2-7,19-20H,8H2,1H3,(H2,18,21,22). The molecule has 0 amide bonds. The highest BCUT2D eigenvalue weighted by molar-refractivity contribution is 7.89. The van der Waals surface area contributed by atoms with Crippen LogP contribution in [0.25, 0.3) is 0 Å². The van der Waals surface area contributed by atoms with Gasteiger partial charge in [-0.2, -0.15) is 13.2 Å². The lowest BCUT2D eigenvalue weighted by atomic mass is 10.0. The van der Waals surface area contributed by atoms with Gasteiger partial charge in [-0.05, 0) is 37.3 Å². The van der Waals surface area contributed by atoms with E-state index in [4.69, 9.17) is 9.56 Å². The molecule has 0 spiro atoms. The molecular formula is C14H15F3N2O4S. The Morgan fingerprint density at radius 1 is 1.29 bits per heavy atom. The lowest BCUT2D eigenvalue weighted by molar-refractivity contribution is -0.137. The highest BCUT2D eigenvalue weighted by Crippen LogP contribution is 2.36. The number of aliphatic hydroxyl groups is 1. The number of benzene rings is 1. The van der Waals surface area contributed by atoms with Crippen molar-refractivity contribution in [2.75, 3.05) is 11.9 Å². The van der Waals surface area contributed by atoms with Crippen molar-refractivity contribution in [3.05, 3.63) is 47.9 Å². The summed E-state index contributed by atoms with van der Waals surface area (Å²) >= 11 is 0. The zero-order valence-electron chi connectivity index (χ0n) is 12.5. The summed E-state index contributed by atoms with van der Waals surface area (Å²) < 4.78 is 67.0. The molecule has 2 rings (SSSR count). The van der Waals surface area contributed by atoms with Crippen LogP contribution in [0.4, 0.5) is 18.9 Å². The number of alkyl halides is 3. The molecule has 2 aromatic rings. The molecule has 0 fully saturated rings. The second kappa shape index (κ2) is 6.11. The molecule has 1 unspecified atom stereocenters. The summed E-state index contributed by atoms with van der Waals surface area (Å²) in [5.74, 6) is 0.171. The Kier molecular flexibility index (Phi) is 4.66. The Labute approximate surface area is 136 Å². The first-order valence-corrected chi connectivity index (χ1v) is 8.20. The Balaban J connectivity index is 2.33. The quantitative estimate of drug-likeness (QED) is 0.755. The van der Waals surface area contributed by atoms with Crippen LogP contribution in [0.3, 0.4) is 0 Å². The molecule has 24 heavy (non-hydrogen) atoms. The highest BCUT2D eigenvalue weighted by atomic mass is 32.2. The van der Waals surface area contributed by atoms with E-state index in [1.165, 1.54) is 25.3 Å². The van der Waals surface area contributed by atoms with Crippen LogP contribution in [0, 0.1) is 0 Å². The van der Waals surface area contributed by atoms with Crippen LogP contribution >= 0.6 is 0 Å². The zero-order valence-corrected chi connectivity index (χ0v) is 13.3. The number of halogens is 3. The van der Waals surface area contributed by atoms with Crippen molar-refractivity contribution in [2.24, 2.45) is 5.14 Å². The van der Waals surface area contributed by atoms with Crippen molar-refractivity contribution in [3.8, 4) is 0 Å². The molecule has 6 nitrogen and oxygen atoms in total. The smallest absolute Gasteiger partial charge is 0.418 e. The van der Waals surface area contributed by atoms with E-state index in [9.17, 15) is 26.7 Å². The molecule has 0 aliphatic rings. The first kappa shape index (κ1) is 18.3. The molecule has 0 radical (unpaired) electrons. The monoisotopic (exact) mass is 364 g/mol. The van der Waals surface area contributed by atoms with Crippen molar-refractivity contribution in [1.82, 2.24) is 0 Å². The number of nitrogens with two attached hydrogens (primary N) is 1.